The lowest BCUT2D eigenvalue weighted by Crippen LogP contribution is -2.32. The van der Waals surface area contributed by atoms with E-state index in [1.54, 1.807) is 0 Å². The van der Waals surface area contributed by atoms with Gasteiger partial charge < -0.3 is 9.53 Å². The van der Waals surface area contributed by atoms with Crippen molar-refractivity contribution in [1.29, 1.82) is 0 Å². The Morgan fingerprint density at radius 1 is 1.27 bits per heavy atom. The molecule has 0 aromatic rings. The first-order chi connectivity index (χ1) is 4.88. The van der Waals surface area contributed by atoms with E-state index in [1.807, 2.05) is 34.6 Å². The molecule has 0 rings (SSSR count). The van der Waals surface area contributed by atoms with E-state index < -0.39 is 0 Å². The van der Waals surface area contributed by atoms with Crippen LogP contribution in [0, 0.1) is 5.41 Å². The average molecular weight is 158 g/mol. The highest BCUT2D eigenvalue weighted by molar-refractivity contribution is 5.57. The molecule has 0 aromatic heterocycles. The predicted octanol–water partition coefficient (Wildman–Crippen LogP) is 2.02. The molecule has 0 saturated heterocycles. The molecule has 1 atom stereocenters. The standard InChI is InChI=1S/C9H18O2/c1-7(2)11-8(6-10)9(3,4)5/h6-8H,1-5H3. The highest BCUT2D eigenvalue weighted by Crippen LogP contribution is 2.21. The highest BCUT2D eigenvalue weighted by Gasteiger charge is 2.25. The predicted molar refractivity (Wildman–Crippen MR) is 45.5 cm³/mol. The fourth-order valence-electron chi connectivity index (χ4n) is 0.734. The molecule has 0 aliphatic carbocycles. The molecule has 0 saturated carbocycles. The van der Waals surface area contributed by atoms with Gasteiger partial charge in [-0.15, -0.1) is 0 Å². The number of ether oxygens (including phenoxy) is 1. The maximum absolute atomic E-state index is 10.6. The minimum absolute atomic E-state index is 0.0913. The highest BCUT2D eigenvalue weighted by atomic mass is 16.5. The van der Waals surface area contributed by atoms with Gasteiger partial charge in [-0.25, -0.2) is 0 Å². The maximum Gasteiger partial charge on any atom is 0.149 e. The van der Waals surface area contributed by atoms with E-state index in [0.29, 0.717) is 0 Å². The van der Waals surface area contributed by atoms with Crippen LogP contribution in [-0.2, 0) is 9.53 Å². The molecular formula is C9H18O2. The molecule has 11 heavy (non-hydrogen) atoms. The molecule has 0 spiro atoms. The SMILES string of the molecule is CC(C)OC(C=O)C(C)(C)C. The molecule has 2 heteroatoms. The van der Waals surface area contributed by atoms with E-state index in [1.165, 1.54) is 0 Å². The van der Waals surface area contributed by atoms with E-state index >= 15 is 0 Å². The minimum atomic E-state index is -0.289. The molecule has 66 valence electrons. The Hall–Kier alpha value is -0.370. The maximum atomic E-state index is 10.6. The quantitative estimate of drug-likeness (QED) is 0.587. The van der Waals surface area contributed by atoms with Crippen molar-refractivity contribution < 1.29 is 9.53 Å². The normalized spacial score (nSPS) is 15.1. The lowest BCUT2D eigenvalue weighted by atomic mass is 9.90. The van der Waals surface area contributed by atoms with Crippen molar-refractivity contribution in [2.75, 3.05) is 0 Å². The van der Waals surface area contributed by atoms with Gasteiger partial charge >= 0.3 is 0 Å². The zero-order valence-corrected chi connectivity index (χ0v) is 8.05. The Morgan fingerprint density at radius 3 is 1.82 bits per heavy atom. The van der Waals surface area contributed by atoms with Crippen molar-refractivity contribution in [3.8, 4) is 0 Å². The third-order valence-electron chi connectivity index (χ3n) is 1.40. The van der Waals surface area contributed by atoms with Crippen LogP contribution in [0.2, 0.25) is 0 Å². The Morgan fingerprint density at radius 2 is 1.73 bits per heavy atom. The Bertz CT molecular complexity index is 122. The molecule has 0 aliphatic rings. The third kappa shape index (κ3) is 4.14. The van der Waals surface area contributed by atoms with E-state index in [4.69, 9.17) is 4.74 Å². The van der Waals surface area contributed by atoms with Crippen molar-refractivity contribution in [2.45, 2.75) is 46.8 Å². The summed E-state index contributed by atoms with van der Waals surface area (Å²) in [6.45, 7) is 9.85. The number of rotatable bonds is 3. The Labute approximate surface area is 68.9 Å². The summed E-state index contributed by atoms with van der Waals surface area (Å²) in [5.74, 6) is 0. The van der Waals surface area contributed by atoms with E-state index in [-0.39, 0.29) is 17.6 Å². The second-order valence-corrected chi connectivity index (χ2v) is 4.11. The third-order valence-corrected chi connectivity index (χ3v) is 1.40. The number of carbonyl (C=O) groups is 1. The van der Waals surface area contributed by atoms with Crippen molar-refractivity contribution in [3.63, 3.8) is 0 Å². The van der Waals surface area contributed by atoms with Crippen molar-refractivity contribution >= 4 is 6.29 Å². The summed E-state index contributed by atoms with van der Waals surface area (Å²) in [6, 6.07) is 0. The fraction of sp³-hybridized carbons (Fsp3) is 0.889. The van der Waals surface area contributed by atoms with Crippen LogP contribution in [0.15, 0.2) is 0 Å². The Balaban J connectivity index is 4.07. The average Bonchev–Trinajstić information content (AvgIpc) is 1.79. The summed E-state index contributed by atoms with van der Waals surface area (Å²) in [6.07, 6.45) is 0.701. The molecule has 0 aromatic carbocycles. The molecule has 0 N–H and O–H groups in total. The number of carbonyl (C=O) groups excluding carboxylic acids is 1. The van der Waals surface area contributed by atoms with Crippen LogP contribution in [0.4, 0.5) is 0 Å². The molecule has 0 fully saturated rings. The first-order valence-corrected chi connectivity index (χ1v) is 3.98. The van der Waals surface area contributed by atoms with Crippen molar-refractivity contribution in [1.82, 2.24) is 0 Å². The molecule has 0 bridgehead atoms. The van der Waals surface area contributed by atoms with Gasteiger partial charge in [0.1, 0.15) is 12.4 Å². The van der Waals surface area contributed by atoms with Gasteiger partial charge in [-0.2, -0.15) is 0 Å². The lowest BCUT2D eigenvalue weighted by Gasteiger charge is -2.27. The van der Waals surface area contributed by atoms with Gasteiger partial charge in [0, 0.05) is 0 Å². The molecule has 0 radical (unpaired) electrons. The van der Waals surface area contributed by atoms with Crippen molar-refractivity contribution in [2.24, 2.45) is 5.41 Å². The Kier molecular flexibility index (Phi) is 3.73. The van der Waals surface area contributed by atoms with Gasteiger partial charge in [0.2, 0.25) is 0 Å². The number of hydrogen-bond acceptors (Lipinski definition) is 2. The number of aldehydes is 1. The van der Waals surface area contributed by atoms with E-state index in [0.717, 1.165) is 6.29 Å². The van der Waals surface area contributed by atoms with Crippen LogP contribution in [0.1, 0.15) is 34.6 Å². The second-order valence-electron chi connectivity index (χ2n) is 4.11. The topological polar surface area (TPSA) is 26.3 Å². The van der Waals surface area contributed by atoms with E-state index in [2.05, 4.69) is 0 Å². The molecule has 0 aliphatic heterocycles. The van der Waals surface area contributed by atoms with Crippen LogP contribution in [0.5, 0.6) is 0 Å². The summed E-state index contributed by atoms with van der Waals surface area (Å²) in [4.78, 5) is 10.6. The molecule has 0 heterocycles. The molecule has 1 unspecified atom stereocenters. The summed E-state index contributed by atoms with van der Waals surface area (Å²) in [5, 5.41) is 0. The first kappa shape index (κ1) is 10.6. The minimum Gasteiger partial charge on any atom is -0.368 e. The summed E-state index contributed by atoms with van der Waals surface area (Å²) in [5.41, 5.74) is -0.0913. The zero-order chi connectivity index (χ0) is 9.07. The van der Waals surface area contributed by atoms with Crippen LogP contribution >= 0.6 is 0 Å². The summed E-state index contributed by atoms with van der Waals surface area (Å²) in [7, 11) is 0. The van der Waals surface area contributed by atoms with Gasteiger partial charge in [0.25, 0.3) is 0 Å². The van der Waals surface area contributed by atoms with Gasteiger partial charge in [-0.1, -0.05) is 20.8 Å². The van der Waals surface area contributed by atoms with Crippen LogP contribution < -0.4 is 0 Å². The lowest BCUT2D eigenvalue weighted by molar-refractivity contribution is -0.128. The second kappa shape index (κ2) is 3.86. The van der Waals surface area contributed by atoms with Gasteiger partial charge in [-0.3, -0.25) is 0 Å². The van der Waals surface area contributed by atoms with Gasteiger partial charge in [0.15, 0.2) is 0 Å². The molecule has 2 nitrogen and oxygen atoms in total. The first-order valence-electron chi connectivity index (χ1n) is 3.98. The molecular weight excluding hydrogens is 140 g/mol. The smallest absolute Gasteiger partial charge is 0.149 e. The van der Waals surface area contributed by atoms with Gasteiger partial charge in [-0.05, 0) is 19.3 Å². The van der Waals surface area contributed by atoms with E-state index in [9.17, 15) is 4.79 Å². The monoisotopic (exact) mass is 158 g/mol. The zero-order valence-electron chi connectivity index (χ0n) is 8.05. The number of hydrogen-bond donors (Lipinski definition) is 0. The fourth-order valence-corrected chi connectivity index (χ4v) is 0.734. The van der Waals surface area contributed by atoms with Crippen LogP contribution in [-0.4, -0.2) is 18.5 Å². The summed E-state index contributed by atoms with van der Waals surface area (Å²) < 4.78 is 5.40. The van der Waals surface area contributed by atoms with Crippen LogP contribution in [0.3, 0.4) is 0 Å². The largest absolute Gasteiger partial charge is 0.368 e. The summed E-state index contributed by atoms with van der Waals surface area (Å²) >= 11 is 0. The van der Waals surface area contributed by atoms with Crippen molar-refractivity contribution in [3.05, 3.63) is 0 Å². The van der Waals surface area contributed by atoms with Gasteiger partial charge in [0.05, 0.1) is 6.10 Å². The van der Waals surface area contributed by atoms with Crippen LogP contribution in [0.25, 0.3) is 0 Å². The molecule has 0 amide bonds.